The van der Waals surface area contributed by atoms with E-state index in [9.17, 15) is 17.6 Å². The molecule has 5 rings (SSSR count). The largest absolute Gasteiger partial charge is 0.494 e. The molecule has 2 aliphatic rings. The van der Waals surface area contributed by atoms with Gasteiger partial charge in [-0.05, 0) is 68.5 Å². The summed E-state index contributed by atoms with van der Waals surface area (Å²) in [4.78, 5) is 20.4. The third-order valence-electron chi connectivity index (χ3n) is 6.73. The van der Waals surface area contributed by atoms with Crippen molar-refractivity contribution in [2.75, 3.05) is 31.7 Å². The first kappa shape index (κ1) is 25.1. The molecule has 8 nitrogen and oxygen atoms in total. The average molecular weight is 534 g/mol. The second kappa shape index (κ2) is 10.0. The molecule has 0 bridgehead atoms. The van der Waals surface area contributed by atoms with E-state index in [1.807, 2.05) is 19.1 Å². The second-order valence-corrected chi connectivity index (χ2v) is 11.9. The van der Waals surface area contributed by atoms with Crippen LogP contribution in [0, 0.1) is 12.7 Å². The highest BCUT2D eigenvalue weighted by molar-refractivity contribution is 7.89. The minimum atomic E-state index is -3.98. The van der Waals surface area contributed by atoms with E-state index in [0.29, 0.717) is 42.4 Å². The highest BCUT2D eigenvalue weighted by atomic mass is 32.2. The minimum Gasteiger partial charge on any atom is -0.494 e. The second-order valence-electron chi connectivity index (χ2n) is 9.07. The maximum atomic E-state index is 14.0. The van der Waals surface area contributed by atoms with Gasteiger partial charge in [-0.25, -0.2) is 17.8 Å². The first-order valence-corrected chi connectivity index (χ1v) is 14.2. The molecule has 0 N–H and O–H groups in total. The van der Waals surface area contributed by atoms with Gasteiger partial charge in [0.05, 0.1) is 29.4 Å². The Balaban J connectivity index is 1.52. The zero-order chi connectivity index (χ0) is 25.4. The molecule has 11 heteroatoms. The van der Waals surface area contributed by atoms with Crippen molar-refractivity contribution in [3.8, 4) is 5.75 Å². The molecule has 1 aromatic heterocycles. The van der Waals surface area contributed by atoms with Crippen molar-refractivity contribution in [2.45, 2.75) is 49.6 Å². The van der Waals surface area contributed by atoms with Gasteiger partial charge in [-0.1, -0.05) is 17.4 Å². The zero-order valence-corrected chi connectivity index (χ0v) is 21.8. The maximum Gasteiger partial charge on any atom is 0.247 e. The molecule has 2 unspecified atom stereocenters. The Morgan fingerprint density at radius 1 is 1.22 bits per heavy atom. The van der Waals surface area contributed by atoms with Crippen LogP contribution in [0.2, 0.25) is 0 Å². The van der Waals surface area contributed by atoms with E-state index in [2.05, 4.69) is 0 Å². The van der Waals surface area contributed by atoms with Crippen LogP contribution in [0.5, 0.6) is 5.75 Å². The van der Waals surface area contributed by atoms with E-state index in [0.717, 1.165) is 35.2 Å². The van der Waals surface area contributed by atoms with Crippen LogP contribution >= 0.6 is 11.3 Å². The number of nitrogens with zero attached hydrogens (tertiary/aromatic N) is 3. The third-order valence-corrected chi connectivity index (χ3v) is 9.86. The Hall–Kier alpha value is -2.60. The molecule has 0 aliphatic carbocycles. The number of aromatic nitrogens is 1. The van der Waals surface area contributed by atoms with Crippen LogP contribution in [-0.4, -0.2) is 62.6 Å². The van der Waals surface area contributed by atoms with E-state index < -0.39 is 21.9 Å². The van der Waals surface area contributed by atoms with Gasteiger partial charge in [0, 0.05) is 13.2 Å². The van der Waals surface area contributed by atoms with Crippen LogP contribution in [0.4, 0.5) is 9.52 Å². The molecule has 0 saturated carbocycles. The van der Waals surface area contributed by atoms with Crippen LogP contribution < -0.4 is 9.64 Å². The van der Waals surface area contributed by atoms with Crippen LogP contribution in [0.25, 0.3) is 10.2 Å². The van der Waals surface area contributed by atoms with Crippen LogP contribution in [0.3, 0.4) is 0 Å². The average Bonchev–Trinajstić information content (AvgIpc) is 3.64. The minimum absolute atomic E-state index is 0.0328. The highest BCUT2D eigenvalue weighted by Crippen LogP contribution is 2.38. The number of carbonyl (C=O) groups is 1. The smallest absolute Gasteiger partial charge is 0.247 e. The molecule has 3 heterocycles. The summed E-state index contributed by atoms with van der Waals surface area (Å²) in [6.07, 6.45) is 2.53. The van der Waals surface area contributed by atoms with Gasteiger partial charge in [0.1, 0.15) is 23.1 Å². The maximum absolute atomic E-state index is 14.0. The molecule has 2 aliphatic heterocycles. The van der Waals surface area contributed by atoms with E-state index in [1.54, 1.807) is 12.0 Å². The van der Waals surface area contributed by atoms with Crippen molar-refractivity contribution >= 4 is 42.6 Å². The molecule has 2 fully saturated rings. The van der Waals surface area contributed by atoms with Crippen molar-refractivity contribution in [1.82, 2.24) is 9.29 Å². The van der Waals surface area contributed by atoms with Gasteiger partial charge >= 0.3 is 0 Å². The Morgan fingerprint density at radius 3 is 2.69 bits per heavy atom. The number of rotatable bonds is 7. The zero-order valence-electron chi connectivity index (χ0n) is 20.1. The third kappa shape index (κ3) is 4.60. The van der Waals surface area contributed by atoms with Crippen molar-refractivity contribution < 1.29 is 27.1 Å². The predicted octanol–water partition coefficient (Wildman–Crippen LogP) is 4.12. The number of methoxy groups -OCH3 is 1. The molecule has 36 heavy (non-hydrogen) atoms. The summed E-state index contributed by atoms with van der Waals surface area (Å²) in [5.41, 5.74) is 1.69. The molecule has 3 aromatic rings. The lowest BCUT2D eigenvalue weighted by atomic mass is 10.2. The topological polar surface area (TPSA) is 89.0 Å². The van der Waals surface area contributed by atoms with Gasteiger partial charge in [0.25, 0.3) is 0 Å². The number of anilines is 1. The predicted molar refractivity (Wildman–Crippen MR) is 136 cm³/mol. The van der Waals surface area contributed by atoms with Crippen molar-refractivity contribution in [3.05, 3.63) is 47.8 Å². The lowest BCUT2D eigenvalue weighted by Gasteiger charge is -2.29. The summed E-state index contributed by atoms with van der Waals surface area (Å²) in [6.45, 7) is 3.12. The van der Waals surface area contributed by atoms with E-state index in [1.165, 1.54) is 27.8 Å². The van der Waals surface area contributed by atoms with E-state index in [-0.39, 0.29) is 23.5 Å². The molecule has 192 valence electrons. The number of carbonyl (C=O) groups excluding carboxylic acids is 1. The fourth-order valence-electron chi connectivity index (χ4n) is 4.83. The number of halogens is 1. The fraction of sp³-hybridized carbons (Fsp3) is 0.440. The molecule has 2 atom stereocenters. The Bertz CT molecular complexity index is 1370. The van der Waals surface area contributed by atoms with Crippen molar-refractivity contribution in [3.63, 3.8) is 0 Å². The monoisotopic (exact) mass is 533 g/mol. The Kier molecular flexibility index (Phi) is 6.99. The highest BCUT2D eigenvalue weighted by Gasteiger charge is 2.42. The van der Waals surface area contributed by atoms with Gasteiger partial charge in [0.2, 0.25) is 15.9 Å². The molecule has 2 saturated heterocycles. The number of thiazole rings is 1. The molecular formula is C25H28FN3O5S2. The van der Waals surface area contributed by atoms with Crippen LogP contribution in [-0.2, 0) is 19.6 Å². The Labute approximate surface area is 213 Å². The molecule has 0 radical (unpaired) electrons. The number of aryl methyl sites for hydroxylation is 1. The number of fused-ring (bicyclic) bond motifs is 1. The van der Waals surface area contributed by atoms with Gasteiger partial charge in [0.15, 0.2) is 5.13 Å². The number of hydrogen-bond acceptors (Lipinski definition) is 7. The SMILES string of the molecule is COc1ccc(C)c2sc(N(CC3CCCO3)C(=O)C3CCCN3S(=O)(=O)c3ccc(F)cc3)nc12. The quantitative estimate of drug-likeness (QED) is 0.454. The fourth-order valence-corrected chi connectivity index (χ4v) is 7.55. The van der Waals surface area contributed by atoms with Crippen LogP contribution in [0.1, 0.15) is 31.2 Å². The van der Waals surface area contributed by atoms with Crippen LogP contribution in [0.15, 0.2) is 41.3 Å². The number of ether oxygens (including phenoxy) is 2. The number of hydrogen-bond donors (Lipinski definition) is 0. The summed E-state index contributed by atoms with van der Waals surface area (Å²) in [5, 5.41) is 0.490. The molecule has 2 aromatic carbocycles. The molecule has 1 amide bonds. The summed E-state index contributed by atoms with van der Waals surface area (Å²) >= 11 is 1.39. The van der Waals surface area contributed by atoms with Gasteiger partial charge in [-0.2, -0.15) is 4.31 Å². The first-order chi connectivity index (χ1) is 17.3. The standard InChI is InChI=1S/C25H28FN3O5S2/c1-16-7-12-21(33-2)22-23(16)35-25(27-22)28(15-18-5-4-14-34-18)24(30)20-6-3-13-29(20)36(31,32)19-10-8-17(26)9-11-19/h7-12,18,20H,3-6,13-15H2,1-2H3. The number of sulfonamides is 1. The van der Waals surface area contributed by atoms with Gasteiger partial charge in [-0.15, -0.1) is 0 Å². The first-order valence-electron chi connectivity index (χ1n) is 11.9. The summed E-state index contributed by atoms with van der Waals surface area (Å²) in [7, 11) is -2.41. The summed E-state index contributed by atoms with van der Waals surface area (Å²) < 4.78 is 53.7. The Morgan fingerprint density at radius 2 is 2.00 bits per heavy atom. The van der Waals surface area contributed by atoms with E-state index >= 15 is 0 Å². The van der Waals surface area contributed by atoms with Gasteiger partial charge in [-0.3, -0.25) is 9.69 Å². The van der Waals surface area contributed by atoms with E-state index in [4.69, 9.17) is 14.5 Å². The van der Waals surface area contributed by atoms with Gasteiger partial charge < -0.3 is 9.47 Å². The van der Waals surface area contributed by atoms with Crippen molar-refractivity contribution in [1.29, 1.82) is 0 Å². The normalized spacial score (nSPS) is 20.8. The number of benzene rings is 2. The lowest BCUT2D eigenvalue weighted by Crippen LogP contribution is -2.49. The number of amides is 1. The molecular weight excluding hydrogens is 505 g/mol. The molecule has 0 spiro atoms. The summed E-state index contributed by atoms with van der Waals surface area (Å²) in [5.74, 6) is -0.236. The lowest BCUT2D eigenvalue weighted by molar-refractivity contribution is -0.122. The summed E-state index contributed by atoms with van der Waals surface area (Å²) in [6, 6.07) is 7.61. The van der Waals surface area contributed by atoms with Crippen molar-refractivity contribution in [2.24, 2.45) is 0 Å².